The van der Waals surface area contributed by atoms with E-state index in [0.717, 1.165) is 26.0 Å². The Hall–Kier alpha value is -3.76. The van der Waals surface area contributed by atoms with Gasteiger partial charge in [0.25, 0.3) is 5.69 Å². The molecule has 0 radical (unpaired) electrons. The summed E-state index contributed by atoms with van der Waals surface area (Å²) in [5.74, 6) is 1.45. The smallest absolute Gasteiger partial charge is 0.270 e. The third-order valence-electron chi connectivity index (χ3n) is 4.91. The Bertz CT molecular complexity index is 1450. The molecule has 2 aromatic heterocycles. The maximum Gasteiger partial charge on any atom is 0.270 e. The summed E-state index contributed by atoms with van der Waals surface area (Å²) in [5.41, 5.74) is 2.71. The number of hydrogen-bond acceptors (Lipinski definition) is 8. The standard InChI is InChI=1S/C23H17N5O3S2/c1-15-7-5-6-10-19(15)31-14-21-25-26-22(27(21)16-8-3-2-4-9-16)33-23-24-18-12-11-17(28(29)30)13-20(18)32-23/h2-13H,14H2,1H3. The fourth-order valence-electron chi connectivity index (χ4n) is 3.28. The minimum atomic E-state index is -0.404. The Kier molecular flexibility index (Phi) is 5.76. The summed E-state index contributed by atoms with van der Waals surface area (Å²) < 4.78 is 9.44. The predicted molar refractivity (Wildman–Crippen MR) is 127 cm³/mol. The Morgan fingerprint density at radius 3 is 2.64 bits per heavy atom. The van der Waals surface area contributed by atoms with Crippen LogP contribution in [0.2, 0.25) is 0 Å². The lowest BCUT2D eigenvalue weighted by Gasteiger charge is -2.11. The number of aryl methyl sites for hydroxylation is 1. The van der Waals surface area contributed by atoms with Crippen molar-refractivity contribution in [3.8, 4) is 11.4 Å². The second-order valence-electron chi connectivity index (χ2n) is 7.11. The summed E-state index contributed by atoms with van der Waals surface area (Å²) in [4.78, 5) is 15.3. The van der Waals surface area contributed by atoms with Crippen molar-refractivity contribution in [2.45, 2.75) is 23.0 Å². The van der Waals surface area contributed by atoms with Crippen LogP contribution in [0.25, 0.3) is 15.9 Å². The highest BCUT2D eigenvalue weighted by Crippen LogP contribution is 2.36. The minimum absolute atomic E-state index is 0.0470. The third-order valence-corrected chi connectivity index (χ3v) is 6.93. The summed E-state index contributed by atoms with van der Waals surface area (Å²) in [6, 6.07) is 22.3. The maximum atomic E-state index is 11.1. The molecule has 0 unspecified atom stereocenters. The first-order valence-corrected chi connectivity index (χ1v) is 11.6. The first-order chi connectivity index (χ1) is 16.1. The molecule has 10 heteroatoms. The van der Waals surface area contributed by atoms with Crippen molar-refractivity contribution in [2.24, 2.45) is 0 Å². The molecule has 0 fully saturated rings. The van der Waals surface area contributed by atoms with Crippen LogP contribution < -0.4 is 4.74 Å². The highest BCUT2D eigenvalue weighted by Gasteiger charge is 2.18. The third kappa shape index (κ3) is 4.43. The maximum absolute atomic E-state index is 11.1. The molecular weight excluding hydrogens is 458 g/mol. The van der Waals surface area contributed by atoms with Gasteiger partial charge in [-0.15, -0.1) is 21.5 Å². The van der Waals surface area contributed by atoms with Gasteiger partial charge in [0.2, 0.25) is 5.16 Å². The lowest BCUT2D eigenvalue weighted by molar-refractivity contribution is -0.384. The quantitative estimate of drug-likeness (QED) is 0.216. The average molecular weight is 476 g/mol. The van der Waals surface area contributed by atoms with Crippen LogP contribution >= 0.6 is 23.1 Å². The number of aromatic nitrogens is 4. The molecule has 0 aliphatic heterocycles. The molecule has 0 atom stereocenters. The number of thiazole rings is 1. The molecule has 5 aromatic rings. The second-order valence-corrected chi connectivity index (χ2v) is 9.36. The molecule has 0 saturated heterocycles. The van der Waals surface area contributed by atoms with Gasteiger partial charge in [0.1, 0.15) is 12.4 Å². The number of non-ortho nitro benzene ring substituents is 1. The van der Waals surface area contributed by atoms with E-state index in [2.05, 4.69) is 15.2 Å². The molecule has 33 heavy (non-hydrogen) atoms. The van der Waals surface area contributed by atoms with Crippen LogP contribution in [0, 0.1) is 17.0 Å². The number of para-hydroxylation sites is 2. The molecule has 3 aromatic carbocycles. The summed E-state index contributed by atoms with van der Waals surface area (Å²) >= 11 is 2.75. The molecule has 8 nitrogen and oxygen atoms in total. The van der Waals surface area contributed by atoms with Crippen LogP contribution in [0.15, 0.2) is 82.3 Å². The molecule has 0 aliphatic rings. The molecule has 0 aliphatic carbocycles. The fraction of sp³-hybridized carbons (Fsp3) is 0.0870. The highest BCUT2D eigenvalue weighted by molar-refractivity contribution is 8.01. The van der Waals surface area contributed by atoms with Crippen molar-refractivity contribution in [1.29, 1.82) is 0 Å². The average Bonchev–Trinajstić information content (AvgIpc) is 3.42. The number of nitro benzene ring substituents is 1. The van der Waals surface area contributed by atoms with E-state index in [1.807, 2.05) is 66.1 Å². The van der Waals surface area contributed by atoms with Crippen LogP contribution in [-0.4, -0.2) is 24.7 Å². The van der Waals surface area contributed by atoms with Crippen molar-refractivity contribution < 1.29 is 9.66 Å². The lowest BCUT2D eigenvalue weighted by atomic mass is 10.2. The van der Waals surface area contributed by atoms with Crippen LogP contribution in [0.4, 0.5) is 5.69 Å². The van der Waals surface area contributed by atoms with Crippen molar-refractivity contribution in [3.05, 3.63) is 94.3 Å². The van der Waals surface area contributed by atoms with Gasteiger partial charge >= 0.3 is 0 Å². The van der Waals surface area contributed by atoms with Gasteiger partial charge in [0, 0.05) is 17.8 Å². The molecule has 5 rings (SSSR count). The molecular formula is C23H17N5O3S2. The van der Waals surface area contributed by atoms with Crippen LogP contribution in [0.1, 0.15) is 11.4 Å². The van der Waals surface area contributed by atoms with Gasteiger partial charge in [0.15, 0.2) is 10.2 Å². The van der Waals surface area contributed by atoms with Crippen molar-refractivity contribution >= 4 is 39.0 Å². The van der Waals surface area contributed by atoms with Gasteiger partial charge in [-0.05, 0) is 48.5 Å². The van der Waals surface area contributed by atoms with Gasteiger partial charge < -0.3 is 4.74 Å². The van der Waals surface area contributed by atoms with Crippen LogP contribution in [0.5, 0.6) is 5.75 Å². The van der Waals surface area contributed by atoms with Gasteiger partial charge in [-0.1, -0.05) is 36.4 Å². The van der Waals surface area contributed by atoms with E-state index < -0.39 is 4.92 Å². The molecule has 0 saturated carbocycles. The summed E-state index contributed by atoms with van der Waals surface area (Å²) in [7, 11) is 0. The fourth-order valence-corrected chi connectivity index (χ4v) is 5.36. The van der Waals surface area contributed by atoms with Gasteiger partial charge in [-0.25, -0.2) is 4.98 Å². The largest absolute Gasteiger partial charge is 0.485 e. The summed E-state index contributed by atoms with van der Waals surface area (Å²) in [6.07, 6.45) is 0. The van der Waals surface area contributed by atoms with E-state index >= 15 is 0 Å². The lowest BCUT2D eigenvalue weighted by Crippen LogP contribution is -2.07. The van der Waals surface area contributed by atoms with Crippen LogP contribution in [0.3, 0.4) is 0 Å². The van der Waals surface area contributed by atoms with E-state index in [4.69, 9.17) is 4.74 Å². The van der Waals surface area contributed by atoms with E-state index in [-0.39, 0.29) is 12.3 Å². The van der Waals surface area contributed by atoms with Gasteiger partial charge in [-0.3, -0.25) is 14.7 Å². The van der Waals surface area contributed by atoms with Crippen molar-refractivity contribution in [3.63, 3.8) is 0 Å². The van der Waals surface area contributed by atoms with E-state index in [1.165, 1.54) is 29.2 Å². The highest BCUT2D eigenvalue weighted by atomic mass is 32.2. The number of fused-ring (bicyclic) bond motifs is 1. The van der Waals surface area contributed by atoms with E-state index in [0.29, 0.717) is 16.5 Å². The zero-order valence-corrected chi connectivity index (χ0v) is 19.0. The number of benzene rings is 3. The van der Waals surface area contributed by atoms with E-state index in [9.17, 15) is 10.1 Å². The number of rotatable bonds is 7. The van der Waals surface area contributed by atoms with Gasteiger partial charge in [0.05, 0.1) is 15.1 Å². The number of nitro groups is 1. The SMILES string of the molecule is Cc1ccccc1OCc1nnc(Sc2nc3ccc([N+](=O)[O-])cc3s2)n1-c1ccccc1. The Morgan fingerprint density at radius 1 is 1.06 bits per heavy atom. The first kappa shape index (κ1) is 21.1. The second kappa shape index (κ2) is 9.00. The number of ether oxygens (including phenoxy) is 1. The molecule has 0 N–H and O–H groups in total. The van der Waals surface area contributed by atoms with Crippen molar-refractivity contribution in [1.82, 2.24) is 19.7 Å². The summed E-state index contributed by atoms with van der Waals surface area (Å²) in [6.45, 7) is 2.25. The first-order valence-electron chi connectivity index (χ1n) is 9.99. The molecule has 164 valence electrons. The van der Waals surface area contributed by atoms with Crippen molar-refractivity contribution in [2.75, 3.05) is 0 Å². The zero-order valence-electron chi connectivity index (χ0n) is 17.4. The topological polar surface area (TPSA) is 96.0 Å². The molecule has 2 heterocycles. The molecule has 0 amide bonds. The Morgan fingerprint density at radius 2 is 1.85 bits per heavy atom. The monoisotopic (exact) mass is 475 g/mol. The molecule has 0 bridgehead atoms. The van der Waals surface area contributed by atoms with Crippen LogP contribution in [-0.2, 0) is 6.61 Å². The minimum Gasteiger partial charge on any atom is -0.485 e. The normalized spacial score (nSPS) is 11.1. The number of hydrogen-bond donors (Lipinski definition) is 0. The predicted octanol–water partition coefficient (Wildman–Crippen LogP) is 5.82. The number of nitrogens with zero attached hydrogens (tertiary/aromatic N) is 5. The zero-order chi connectivity index (χ0) is 22.8. The summed E-state index contributed by atoms with van der Waals surface area (Å²) in [5, 5.41) is 20.5. The van der Waals surface area contributed by atoms with E-state index in [1.54, 1.807) is 12.1 Å². The van der Waals surface area contributed by atoms with Gasteiger partial charge in [-0.2, -0.15) is 0 Å². The molecule has 0 spiro atoms. The Labute approximate surface area is 197 Å². The Balaban J connectivity index is 1.48.